The lowest BCUT2D eigenvalue weighted by Gasteiger charge is -2.29. The fourth-order valence-electron chi connectivity index (χ4n) is 2.26. The first kappa shape index (κ1) is 13.8. The van der Waals surface area contributed by atoms with E-state index < -0.39 is 0 Å². The first-order valence-electron chi connectivity index (χ1n) is 6.38. The number of carbonyl (C=O) groups excluding carboxylic acids is 2. The maximum atomic E-state index is 12.7. The van der Waals surface area contributed by atoms with E-state index in [2.05, 4.69) is 26.2 Å². The van der Waals surface area contributed by atoms with Gasteiger partial charge in [0.15, 0.2) is 0 Å². The van der Waals surface area contributed by atoms with Gasteiger partial charge >= 0.3 is 0 Å². The van der Waals surface area contributed by atoms with Crippen LogP contribution >= 0.6 is 15.9 Å². The third-order valence-corrected chi connectivity index (χ3v) is 3.92. The molecule has 1 aliphatic heterocycles. The molecule has 6 heteroatoms. The lowest BCUT2D eigenvalue weighted by atomic mass is 10.1. The van der Waals surface area contributed by atoms with Crippen molar-refractivity contribution in [2.75, 3.05) is 16.8 Å². The van der Waals surface area contributed by atoms with Crippen LogP contribution in [0.4, 0.5) is 11.4 Å². The molecule has 0 saturated carbocycles. The molecule has 0 atom stereocenters. The van der Waals surface area contributed by atoms with Crippen molar-refractivity contribution in [3.05, 3.63) is 52.3 Å². The number of hydrogen-bond donors (Lipinski definition) is 1. The summed E-state index contributed by atoms with van der Waals surface area (Å²) in [7, 11) is 0. The molecule has 2 aromatic rings. The molecule has 106 valence electrons. The standard InChI is InChI=1S/C15H12BrN3O2/c1-9-2-3-10(11(16)6-9)15(21)19-8-14(20)18-12-7-17-5-4-13(12)19/h2-7H,8H2,1H3,(H,18,20). The smallest absolute Gasteiger partial charge is 0.259 e. The lowest BCUT2D eigenvalue weighted by Crippen LogP contribution is -2.42. The zero-order valence-electron chi connectivity index (χ0n) is 11.3. The highest BCUT2D eigenvalue weighted by molar-refractivity contribution is 9.10. The number of fused-ring (bicyclic) bond motifs is 1. The molecule has 0 saturated heterocycles. The van der Waals surface area contributed by atoms with Crippen LogP contribution in [0.5, 0.6) is 0 Å². The number of benzene rings is 1. The van der Waals surface area contributed by atoms with Crippen molar-refractivity contribution in [3.8, 4) is 0 Å². The fourth-order valence-corrected chi connectivity index (χ4v) is 2.92. The van der Waals surface area contributed by atoms with Gasteiger partial charge in [-0.25, -0.2) is 0 Å². The molecule has 1 aromatic heterocycles. The minimum absolute atomic E-state index is 0.00381. The molecule has 0 aliphatic carbocycles. The second-order valence-electron chi connectivity index (χ2n) is 4.82. The van der Waals surface area contributed by atoms with Gasteiger partial charge < -0.3 is 5.32 Å². The summed E-state index contributed by atoms with van der Waals surface area (Å²) in [5.41, 5.74) is 2.78. The van der Waals surface area contributed by atoms with E-state index in [0.29, 0.717) is 21.4 Å². The SMILES string of the molecule is Cc1ccc(C(=O)N2CC(=O)Nc3cnccc32)c(Br)c1. The number of nitrogens with zero attached hydrogens (tertiary/aromatic N) is 2. The molecule has 0 unspecified atom stereocenters. The summed E-state index contributed by atoms with van der Waals surface area (Å²) in [6, 6.07) is 7.23. The number of carbonyl (C=O) groups is 2. The Bertz CT molecular complexity index is 745. The Morgan fingerprint density at radius 2 is 2.19 bits per heavy atom. The summed E-state index contributed by atoms with van der Waals surface area (Å²) in [6.45, 7) is 1.95. The van der Waals surface area contributed by atoms with Crippen LogP contribution in [0.3, 0.4) is 0 Å². The molecule has 0 radical (unpaired) electrons. The fraction of sp³-hybridized carbons (Fsp3) is 0.133. The Morgan fingerprint density at radius 1 is 1.38 bits per heavy atom. The van der Waals surface area contributed by atoms with Crippen LogP contribution < -0.4 is 10.2 Å². The molecule has 1 N–H and O–H groups in total. The normalized spacial score (nSPS) is 13.6. The number of halogens is 1. The van der Waals surface area contributed by atoms with E-state index in [1.54, 1.807) is 18.3 Å². The number of aryl methyl sites for hydroxylation is 1. The largest absolute Gasteiger partial charge is 0.321 e. The average molecular weight is 346 g/mol. The quantitative estimate of drug-likeness (QED) is 0.864. The molecule has 0 fully saturated rings. The Morgan fingerprint density at radius 3 is 2.95 bits per heavy atom. The van der Waals surface area contributed by atoms with E-state index in [1.807, 2.05) is 19.1 Å². The van der Waals surface area contributed by atoms with Gasteiger partial charge in [-0.2, -0.15) is 0 Å². The van der Waals surface area contributed by atoms with Gasteiger partial charge in [0.25, 0.3) is 5.91 Å². The van der Waals surface area contributed by atoms with Gasteiger partial charge in [-0.1, -0.05) is 6.07 Å². The number of aromatic nitrogens is 1. The van der Waals surface area contributed by atoms with E-state index >= 15 is 0 Å². The topological polar surface area (TPSA) is 62.3 Å². The maximum Gasteiger partial charge on any atom is 0.259 e. The summed E-state index contributed by atoms with van der Waals surface area (Å²) < 4.78 is 0.717. The Labute approximate surface area is 130 Å². The van der Waals surface area contributed by atoms with Gasteiger partial charge in [-0.3, -0.25) is 19.5 Å². The van der Waals surface area contributed by atoms with Crippen molar-refractivity contribution in [1.29, 1.82) is 0 Å². The minimum Gasteiger partial charge on any atom is -0.321 e. The first-order chi connectivity index (χ1) is 10.1. The average Bonchev–Trinajstić information content (AvgIpc) is 2.45. The summed E-state index contributed by atoms with van der Waals surface area (Å²) in [4.78, 5) is 29.9. The van der Waals surface area contributed by atoms with E-state index in [9.17, 15) is 9.59 Å². The molecule has 1 aliphatic rings. The van der Waals surface area contributed by atoms with Crippen molar-refractivity contribution in [3.63, 3.8) is 0 Å². The van der Waals surface area contributed by atoms with Gasteiger partial charge in [0.2, 0.25) is 5.91 Å². The molecule has 1 aromatic carbocycles. The molecule has 3 rings (SSSR count). The summed E-state index contributed by atoms with van der Waals surface area (Å²) in [6.07, 6.45) is 3.14. The van der Waals surface area contributed by atoms with E-state index in [4.69, 9.17) is 0 Å². The third kappa shape index (κ3) is 2.54. The minimum atomic E-state index is -0.230. The highest BCUT2D eigenvalue weighted by Gasteiger charge is 2.28. The van der Waals surface area contributed by atoms with Gasteiger partial charge in [0.05, 0.1) is 23.1 Å². The summed E-state index contributed by atoms with van der Waals surface area (Å²) >= 11 is 3.41. The molecule has 21 heavy (non-hydrogen) atoms. The van der Waals surface area contributed by atoms with Crippen LogP contribution in [0, 0.1) is 6.92 Å². The van der Waals surface area contributed by atoms with Crippen LogP contribution in [-0.4, -0.2) is 23.3 Å². The molecule has 5 nitrogen and oxygen atoms in total. The van der Waals surface area contributed by atoms with Gasteiger partial charge in [0.1, 0.15) is 6.54 Å². The second-order valence-corrected chi connectivity index (χ2v) is 5.67. The van der Waals surface area contributed by atoms with Crippen LogP contribution in [-0.2, 0) is 4.79 Å². The second kappa shape index (κ2) is 5.29. The monoisotopic (exact) mass is 345 g/mol. The predicted molar refractivity (Wildman–Crippen MR) is 83.4 cm³/mol. The van der Waals surface area contributed by atoms with E-state index in [-0.39, 0.29) is 18.4 Å². The number of hydrogen-bond acceptors (Lipinski definition) is 3. The number of anilines is 2. The lowest BCUT2D eigenvalue weighted by molar-refractivity contribution is -0.115. The number of amides is 2. The number of rotatable bonds is 1. The Hall–Kier alpha value is -2.21. The van der Waals surface area contributed by atoms with Crippen molar-refractivity contribution in [2.24, 2.45) is 0 Å². The number of nitrogens with one attached hydrogen (secondary N) is 1. The maximum absolute atomic E-state index is 12.7. The van der Waals surface area contributed by atoms with Gasteiger partial charge in [0, 0.05) is 10.7 Å². The molecular weight excluding hydrogens is 334 g/mol. The van der Waals surface area contributed by atoms with Gasteiger partial charge in [-0.05, 0) is 46.6 Å². The predicted octanol–water partition coefficient (Wildman–Crippen LogP) is 2.75. The van der Waals surface area contributed by atoms with Crippen molar-refractivity contribution in [1.82, 2.24) is 4.98 Å². The molecule has 2 heterocycles. The van der Waals surface area contributed by atoms with E-state index in [1.165, 1.54) is 11.1 Å². The zero-order valence-corrected chi connectivity index (χ0v) is 12.8. The van der Waals surface area contributed by atoms with Crippen LogP contribution in [0.2, 0.25) is 0 Å². The van der Waals surface area contributed by atoms with Crippen molar-refractivity contribution >= 4 is 39.1 Å². The van der Waals surface area contributed by atoms with Crippen molar-refractivity contribution in [2.45, 2.75) is 6.92 Å². The Kier molecular flexibility index (Phi) is 3.47. The molecule has 0 bridgehead atoms. The van der Waals surface area contributed by atoms with Crippen LogP contribution in [0.15, 0.2) is 41.1 Å². The van der Waals surface area contributed by atoms with Crippen LogP contribution in [0.25, 0.3) is 0 Å². The Balaban J connectivity index is 2.04. The van der Waals surface area contributed by atoms with Gasteiger partial charge in [-0.15, -0.1) is 0 Å². The van der Waals surface area contributed by atoms with Crippen LogP contribution in [0.1, 0.15) is 15.9 Å². The number of pyridine rings is 1. The first-order valence-corrected chi connectivity index (χ1v) is 7.17. The third-order valence-electron chi connectivity index (χ3n) is 3.26. The highest BCUT2D eigenvalue weighted by Crippen LogP contribution is 2.30. The highest BCUT2D eigenvalue weighted by atomic mass is 79.9. The summed E-state index contributed by atoms with van der Waals surface area (Å²) in [5.74, 6) is -0.448. The van der Waals surface area contributed by atoms with Crippen molar-refractivity contribution < 1.29 is 9.59 Å². The molecule has 2 amide bonds. The molecular formula is C15H12BrN3O2. The molecule has 0 spiro atoms. The summed E-state index contributed by atoms with van der Waals surface area (Å²) in [5, 5.41) is 2.71. The van der Waals surface area contributed by atoms with E-state index in [0.717, 1.165) is 5.56 Å². The zero-order chi connectivity index (χ0) is 15.0.